The molecule has 0 radical (unpaired) electrons. The predicted molar refractivity (Wildman–Crippen MR) is 53.2 cm³/mol. The molecule has 0 aliphatic rings. The van der Waals surface area contributed by atoms with Crippen LogP contribution in [0, 0.1) is 0 Å². The van der Waals surface area contributed by atoms with Gasteiger partial charge in [0.05, 0.1) is 9.52 Å². The molecular weight excluding hydrogens is 150 g/mol. The molecule has 1 aromatic rings. The first-order valence-electron chi connectivity index (χ1n) is 4.18. The molecule has 1 rings (SSSR count). The number of rotatable bonds is 4. The average molecular weight is 165 g/mol. The zero-order chi connectivity index (χ0) is 7.94. The Morgan fingerprint density at radius 3 is 2.64 bits per heavy atom. The molecule has 0 heterocycles. The first-order valence-corrected chi connectivity index (χ1v) is 5.89. The van der Waals surface area contributed by atoms with Gasteiger partial charge in [0.1, 0.15) is 0 Å². The third kappa shape index (κ3) is 3.35. The zero-order valence-corrected chi connectivity index (χ0v) is 8.42. The van der Waals surface area contributed by atoms with Gasteiger partial charge in [-0.2, -0.15) is 0 Å². The van der Waals surface area contributed by atoms with Crippen LogP contribution in [0.3, 0.4) is 0 Å². The summed E-state index contributed by atoms with van der Waals surface area (Å²) in [5, 5.41) is 4.91. The fourth-order valence-electron chi connectivity index (χ4n) is 1.05. The number of nitrogens with one attached hydrogen (secondary N) is 1. The summed E-state index contributed by atoms with van der Waals surface area (Å²) >= 11 is 0. The molecule has 0 saturated carbocycles. The smallest absolute Gasteiger partial charge is 0.0700 e. The first kappa shape index (κ1) is 8.49. The second kappa shape index (κ2) is 5.10. The van der Waals surface area contributed by atoms with E-state index in [1.165, 1.54) is 6.17 Å². The molecule has 0 aliphatic carbocycles. The van der Waals surface area contributed by atoms with Gasteiger partial charge in [0.25, 0.3) is 0 Å². The quantitative estimate of drug-likeness (QED) is 0.491. The van der Waals surface area contributed by atoms with Crippen LogP contribution in [0.25, 0.3) is 0 Å². The number of hydrogen-bond donors (Lipinski definition) is 1. The van der Waals surface area contributed by atoms with Crippen molar-refractivity contribution < 1.29 is 0 Å². The lowest BCUT2D eigenvalue weighted by atomic mass is 10.4. The van der Waals surface area contributed by atoms with E-state index in [4.69, 9.17) is 0 Å². The monoisotopic (exact) mass is 165 g/mol. The summed E-state index contributed by atoms with van der Waals surface area (Å²) in [5.41, 5.74) is 0. The number of hydrogen-bond acceptors (Lipinski definition) is 1. The van der Waals surface area contributed by atoms with Crippen molar-refractivity contribution in [2.45, 2.75) is 6.92 Å². The Balaban J connectivity index is 2.28. The minimum Gasteiger partial charge on any atom is -0.320 e. The molecule has 1 nitrogen and oxygen atoms in total. The van der Waals surface area contributed by atoms with Gasteiger partial charge >= 0.3 is 0 Å². The van der Waals surface area contributed by atoms with Gasteiger partial charge in [-0.25, -0.2) is 0 Å². The zero-order valence-electron chi connectivity index (χ0n) is 7.01. The molecule has 0 fully saturated rings. The Morgan fingerprint density at radius 1 is 1.27 bits per heavy atom. The standard InChI is InChI=1S/C9H15NSi/c1-2-10-8-11-9-6-4-3-5-7-9/h3-7,10H,2,8,11H2,1H3. The maximum Gasteiger partial charge on any atom is 0.0700 e. The lowest BCUT2D eigenvalue weighted by Gasteiger charge is -1.99. The largest absolute Gasteiger partial charge is 0.320 e. The van der Waals surface area contributed by atoms with Gasteiger partial charge in [-0.1, -0.05) is 42.4 Å². The first-order chi connectivity index (χ1) is 5.43. The second-order valence-electron chi connectivity index (χ2n) is 2.59. The van der Waals surface area contributed by atoms with Gasteiger partial charge < -0.3 is 5.32 Å². The highest BCUT2D eigenvalue weighted by Crippen LogP contribution is 1.79. The van der Waals surface area contributed by atoms with Crippen LogP contribution in [0.1, 0.15) is 6.92 Å². The molecule has 0 atom stereocenters. The topological polar surface area (TPSA) is 12.0 Å². The van der Waals surface area contributed by atoms with Crippen LogP contribution in [0.15, 0.2) is 30.3 Å². The molecule has 0 bridgehead atoms. The van der Waals surface area contributed by atoms with E-state index < -0.39 is 0 Å². The van der Waals surface area contributed by atoms with E-state index in [-0.39, 0.29) is 9.52 Å². The summed E-state index contributed by atoms with van der Waals surface area (Å²) < 4.78 is 0. The molecule has 60 valence electrons. The van der Waals surface area contributed by atoms with Crippen LogP contribution in [-0.4, -0.2) is 22.2 Å². The molecule has 0 amide bonds. The van der Waals surface area contributed by atoms with Crippen LogP contribution < -0.4 is 10.5 Å². The Morgan fingerprint density at radius 2 is 2.00 bits per heavy atom. The highest BCUT2D eigenvalue weighted by molar-refractivity contribution is 6.53. The van der Waals surface area contributed by atoms with E-state index in [1.54, 1.807) is 5.19 Å². The van der Waals surface area contributed by atoms with Crippen LogP contribution in [0.5, 0.6) is 0 Å². The highest BCUT2D eigenvalue weighted by atomic mass is 28.2. The SMILES string of the molecule is CCNC[SiH2]c1ccccc1. The van der Waals surface area contributed by atoms with E-state index in [9.17, 15) is 0 Å². The van der Waals surface area contributed by atoms with E-state index >= 15 is 0 Å². The molecular formula is C9H15NSi. The van der Waals surface area contributed by atoms with Crippen molar-refractivity contribution in [1.82, 2.24) is 5.32 Å². The summed E-state index contributed by atoms with van der Waals surface area (Å²) in [4.78, 5) is 0. The highest BCUT2D eigenvalue weighted by Gasteiger charge is 1.89. The average Bonchev–Trinajstić information content (AvgIpc) is 2.07. The minimum atomic E-state index is -0.0335. The third-order valence-corrected chi connectivity index (χ3v) is 3.34. The number of benzene rings is 1. The van der Waals surface area contributed by atoms with Gasteiger partial charge in [-0.3, -0.25) is 0 Å². The maximum atomic E-state index is 3.36. The molecule has 11 heavy (non-hydrogen) atoms. The van der Waals surface area contributed by atoms with Gasteiger partial charge in [0.15, 0.2) is 0 Å². The van der Waals surface area contributed by atoms with Crippen LogP contribution in [-0.2, 0) is 0 Å². The second-order valence-corrected chi connectivity index (χ2v) is 4.41. The molecule has 0 aliphatic heterocycles. The van der Waals surface area contributed by atoms with Gasteiger partial charge in [0, 0.05) is 0 Å². The molecule has 0 unspecified atom stereocenters. The van der Waals surface area contributed by atoms with E-state index in [0.717, 1.165) is 6.54 Å². The summed E-state index contributed by atoms with van der Waals surface area (Å²) in [7, 11) is -0.0335. The summed E-state index contributed by atoms with van der Waals surface area (Å²) in [6.45, 7) is 3.25. The Hall–Kier alpha value is -0.603. The Kier molecular flexibility index (Phi) is 3.94. The van der Waals surface area contributed by atoms with E-state index in [2.05, 4.69) is 42.6 Å². The molecule has 1 aromatic carbocycles. The minimum absolute atomic E-state index is 0.0335. The van der Waals surface area contributed by atoms with Crippen molar-refractivity contribution in [2.24, 2.45) is 0 Å². The summed E-state index contributed by atoms with van der Waals surface area (Å²) in [6.07, 6.45) is 1.22. The van der Waals surface area contributed by atoms with Crippen molar-refractivity contribution in [3.05, 3.63) is 30.3 Å². The van der Waals surface area contributed by atoms with Crippen LogP contribution >= 0.6 is 0 Å². The van der Waals surface area contributed by atoms with Crippen LogP contribution in [0.4, 0.5) is 0 Å². The molecule has 2 heteroatoms. The van der Waals surface area contributed by atoms with Crippen molar-refractivity contribution in [1.29, 1.82) is 0 Å². The van der Waals surface area contributed by atoms with Gasteiger partial charge in [-0.05, 0) is 12.7 Å². The van der Waals surface area contributed by atoms with Crippen molar-refractivity contribution >= 4 is 14.7 Å². The molecule has 0 aromatic heterocycles. The molecule has 0 saturated heterocycles. The maximum absolute atomic E-state index is 3.36. The van der Waals surface area contributed by atoms with Gasteiger partial charge in [-0.15, -0.1) is 0 Å². The summed E-state index contributed by atoms with van der Waals surface area (Å²) in [5.74, 6) is 0. The molecule has 1 N–H and O–H groups in total. The predicted octanol–water partition coefficient (Wildman–Crippen LogP) is 0.0477. The normalized spacial score (nSPS) is 11.0. The third-order valence-electron chi connectivity index (χ3n) is 1.68. The molecule has 0 spiro atoms. The van der Waals surface area contributed by atoms with E-state index in [0.29, 0.717) is 0 Å². The van der Waals surface area contributed by atoms with Gasteiger partial charge in [0.2, 0.25) is 0 Å². The fourth-order valence-corrected chi connectivity index (χ4v) is 2.48. The Labute approximate surface area is 70.7 Å². The Bertz CT molecular complexity index is 186. The van der Waals surface area contributed by atoms with Crippen molar-refractivity contribution in [2.75, 3.05) is 12.7 Å². The lowest BCUT2D eigenvalue weighted by Crippen LogP contribution is -2.27. The van der Waals surface area contributed by atoms with Crippen molar-refractivity contribution in [3.8, 4) is 0 Å². The summed E-state index contributed by atoms with van der Waals surface area (Å²) in [6, 6.07) is 10.8. The lowest BCUT2D eigenvalue weighted by molar-refractivity contribution is 0.831. The van der Waals surface area contributed by atoms with Crippen LogP contribution in [0.2, 0.25) is 0 Å². The fraction of sp³-hybridized carbons (Fsp3) is 0.333. The van der Waals surface area contributed by atoms with Crippen molar-refractivity contribution in [3.63, 3.8) is 0 Å². The van der Waals surface area contributed by atoms with E-state index in [1.807, 2.05) is 0 Å².